The van der Waals surface area contributed by atoms with Crippen LogP contribution < -0.4 is 4.52 Å². The topological polar surface area (TPSA) is 35.5 Å². The Morgan fingerprint density at radius 1 is 1.61 bits per heavy atom. The molecule has 0 aliphatic rings. The lowest BCUT2D eigenvalue weighted by atomic mass is 10.3. The van der Waals surface area contributed by atoms with Gasteiger partial charge in [0.15, 0.2) is 0 Å². The molecular weight excluding hydrogens is 359 g/mol. The van der Waals surface area contributed by atoms with Gasteiger partial charge in [-0.1, -0.05) is 40.9 Å². The number of terminal acetylenes is 1. The van der Waals surface area contributed by atoms with Crippen molar-refractivity contribution in [1.29, 1.82) is 0 Å². The van der Waals surface area contributed by atoms with Crippen LogP contribution in [0.4, 0.5) is 0 Å². The average Bonchev–Trinajstić information content (AvgIpc) is 2.31. The van der Waals surface area contributed by atoms with E-state index in [0.29, 0.717) is 10.8 Å². The van der Waals surface area contributed by atoms with Crippen molar-refractivity contribution in [2.45, 2.75) is 13.3 Å². The summed E-state index contributed by atoms with van der Waals surface area (Å²) in [5.74, 6) is 0.898. The standard InChI is InChI=1S/C11H11BrClO3PS/c1-3-7-18-17(14,15-4-2)16-11-6-5-9(12)8-10(11)13/h2,5-6,8H,3,7H2,1H3. The molecule has 7 heteroatoms. The maximum atomic E-state index is 12.3. The molecule has 1 unspecified atom stereocenters. The van der Waals surface area contributed by atoms with Gasteiger partial charge in [0.2, 0.25) is 0 Å². The number of rotatable bonds is 6. The Balaban J connectivity index is 2.89. The zero-order valence-corrected chi connectivity index (χ0v) is 13.6. The highest BCUT2D eigenvalue weighted by atomic mass is 79.9. The molecule has 0 saturated heterocycles. The maximum Gasteiger partial charge on any atom is 0.501 e. The molecule has 1 rings (SSSR count). The normalized spacial score (nSPS) is 13.4. The van der Waals surface area contributed by atoms with Crippen LogP contribution in [0.15, 0.2) is 22.7 Å². The predicted octanol–water partition coefficient (Wildman–Crippen LogP) is 5.34. The molecule has 0 N–H and O–H groups in total. The highest BCUT2D eigenvalue weighted by molar-refractivity contribution is 9.10. The molecule has 0 amide bonds. The zero-order chi connectivity index (χ0) is 13.6. The second-order valence-electron chi connectivity index (χ2n) is 3.16. The summed E-state index contributed by atoms with van der Waals surface area (Å²) in [6.45, 7) is -1.46. The van der Waals surface area contributed by atoms with Crippen LogP contribution in [0.1, 0.15) is 13.3 Å². The first-order valence-electron chi connectivity index (χ1n) is 5.04. The number of hydrogen-bond acceptors (Lipinski definition) is 4. The largest absolute Gasteiger partial charge is 0.501 e. The van der Waals surface area contributed by atoms with Gasteiger partial charge in [-0.25, -0.2) is 4.57 Å². The van der Waals surface area contributed by atoms with Gasteiger partial charge in [-0.15, -0.1) is 0 Å². The molecule has 1 atom stereocenters. The summed E-state index contributed by atoms with van der Waals surface area (Å²) >= 11 is 10.3. The highest BCUT2D eigenvalue weighted by Crippen LogP contribution is 2.60. The fourth-order valence-electron chi connectivity index (χ4n) is 1.01. The van der Waals surface area contributed by atoms with Crippen molar-refractivity contribution in [3.05, 3.63) is 27.7 Å². The van der Waals surface area contributed by atoms with Crippen molar-refractivity contribution >= 4 is 45.7 Å². The smallest absolute Gasteiger partial charge is 0.406 e. The lowest BCUT2D eigenvalue weighted by Crippen LogP contribution is -1.93. The quantitative estimate of drug-likeness (QED) is 0.501. The summed E-state index contributed by atoms with van der Waals surface area (Å²) in [4.78, 5) is 0. The van der Waals surface area contributed by atoms with Crippen LogP contribution in [0.5, 0.6) is 5.75 Å². The first-order valence-corrected chi connectivity index (χ1v) is 9.34. The van der Waals surface area contributed by atoms with Crippen molar-refractivity contribution in [2.24, 2.45) is 0 Å². The molecule has 0 fully saturated rings. The molecule has 0 spiro atoms. The van der Waals surface area contributed by atoms with Gasteiger partial charge in [0.25, 0.3) is 0 Å². The third-order valence-electron chi connectivity index (χ3n) is 1.72. The van der Waals surface area contributed by atoms with Gasteiger partial charge >= 0.3 is 6.80 Å². The highest BCUT2D eigenvalue weighted by Gasteiger charge is 2.28. The van der Waals surface area contributed by atoms with Crippen LogP contribution in [0.2, 0.25) is 5.02 Å². The molecular formula is C11H11BrClO3PS. The van der Waals surface area contributed by atoms with Crippen molar-refractivity contribution in [1.82, 2.24) is 0 Å². The second kappa shape index (κ2) is 7.35. The third-order valence-corrected chi connectivity index (χ3v) is 6.11. The molecule has 0 saturated carbocycles. The Kier molecular flexibility index (Phi) is 6.45. The van der Waals surface area contributed by atoms with Gasteiger partial charge in [0.1, 0.15) is 11.9 Å². The predicted molar refractivity (Wildman–Crippen MR) is 80.1 cm³/mol. The second-order valence-corrected chi connectivity index (χ2v) is 8.52. The molecule has 18 heavy (non-hydrogen) atoms. The molecule has 0 aliphatic carbocycles. The van der Waals surface area contributed by atoms with E-state index in [1.54, 1.807) is 18.2 Å². The van der Waals surface area contributed by atoms with Crippen LogP contribution >= 0.6 is 45.7 Å². The summed E-state index contributed by atoms with van der Waals surface area (Å²) in [6.07, 6.45) is 7.76. The fourth-order valence-corrected chi connectivity index (χ4v) is 4.76. The van der Waals surface area contributed by atoms with E-state index in [0.717, 1.165) is 22.3 Å². The van der Waals surface area contributed by atoms with Crippen molar-refractivity contribution in [3.8, 4) is 18.3 Å². The Morgan fingerprint density at radius 3 is 2.89 bits per heavy atom. The van der Waals surface area contributed by atoms with Crippen LogP contribution in [-0.2, 0) is 9.09 Å². The summed E-state index contributed by atoms with van der Waals surface area (Å²) < 4.78 is 23.2. The average molecular weight is 370 g/mol. The van der Waals surface area contributed by atoms with Crippen molar-refractivity contribution < 1.29 is 13.6 Å². The summed E-state index contributed by atoms with van der Waals surface area (Å²) in [5, 5.41) is 0.335. The SMILES string of the molecule is C#COP(=O)(Oc1ccc(Br)cc1Cl)SCCC. The van der Waals surface area contributed by atoms with Crippen molar-refractivity contribution in [3.63, 3.8) is 0 Å². The van der Waals surface area contributed by atoms with Gasteiger partial charge in [0.05, 0.1) is 5.02 Å². The minimum absolute atomic E-state index is 0.280. The molecule has 0 aromatic heterocycles. The van der Waals surface area contributed by atoms with Crippen molar-refractivity contribution in [2.75, 3.05) is 5.75 Å². The first-order chi connectivity index (χ1) is 8.50. The van der Waals surface area contributed by atoms with E-state index < -0.39 is 6.80 Å². The van der Waals surface area contributed by atoms with E-state index in [1.807, 2.05) is 13.0 Å². The van der Waals surface area contributed by atoms with Gasteiger partial charge in [-0.3, -0.25) is 0 Å². The van der Waals surface area contributed by atoms with E-state index >= 15 is 0 Å². The van der Waals surface area contributed by atoms with Gasteiger partial charge in [-0.05, 0) is 36.0 Å². The Morgan fingerprint density at radius 2 is 2.33 bits per heavy atom. The maximum absolute atomic E-state index is 12.3. The Hall–Kier alpha value is -0.270. The van der Waals surface area contributed by atoms with E-state index in [9.17, 15) is 4.57 Å². The molecule has 3 nitrogen and oxygen atoms in total. The van der Waals surface area contributed by atoms with E-state index in [2.05, 4.69) is 15.9 Å². The molecule has 0 heterocycles. The van der Waals surface area contributed by atoms with E-state index in [-0.39, 0.29) is 5.75 Å². The van der Waals surface area contributed by atoms with Crippen LogP contribution in [-0.4, -0.2) is 5.75 Å². The minimum atomic E-state index is -3.42. The lowest BCUT2D eigenvalue weighted by Gasteiger charge is -2.16. The van der Waals surface area contributed by atoms with Gasteiger partial charge in [0, 0.05) is 10.2 Å². The molecule has 0 radical (unpaired) electrons. The van der Waals surface area contributed by atoms with Crippen LogP contribution in [0, 0.1) is 12.5 Å². The minimum Gasteiger partial charge on any atom is -0.406 e. The van der Waals surface area contributed by atoms with Gasteiger partial charge < -0.3 is 9.05 Å². The van der Waals surface area contributed by atoms with Gasteiger partial charge in [-0.2, -0.15) is 0 Å². The molecule has 0 aliphatic heterocycles. The molecule has 1 aromatic rings. The summed E-state index contributed by atoms with van der Waals surface area (Å²) in [6, 6.07) is 4.97. The van der Waals surface area contributed by atoms with E-state index in [4.69, 9.17) is 27.1 Å². The summed E-state index contributed by atoms with van der Waals surface area (Å²) in [5.41, 5.74) is 0. The third kappa shape index (κ3) is 4.78. The molecule has 98 valence electrons. The monoisotopic (exact) mass is 368 g/mol. The lowest BCUT2D eigenvalue weighted by molar-refractivity contribution is 0.392. The number of benzene rings is 1. The Labute approximate surface area is 124 Å². The fraction of sp³-hybridized carbons (Fsp3) is 0.273. The van der Waals surface area contributed by atoms with E-state index in [1.165, 1.54) is 0 Å². The molecule has 0 bridgehead atoms. The number of halogens is 2. The zero-order valence-electron chi connectivity index (χ0n) is 9.56. The summed E-state index contributed by atoms with van der Waals surface area (Å²) in [7, 11) is 0. The number of hydrogen-bond donors (Lipinski definition) is 0. The van der Waals surface area contributed by atoms with Crippen LogP contribution in [0.3, 0.4) is 0 Å². The first kappa shape index (κ1) is 15.8. The van der Waals surface area contributed by atoms with Crippen LogP contribution in [0.25, 0.3) is 0 Å². The Bertz CT molecular complexity index is 504. The molecule has 1 aromatic carbocycles.